The Morgan fingerprint density at radius 1 is 0.955 bits per heavy atom. The van der Waals surface area contributed by atoms with Crippen LogP contribution in [0.5, 0.6) is 0 Å². The largest absolute Gasteiger partial charge is 0.421 e. The van der Waals surface area contributed by atoms with E-state index in [1.807, 2.05) is 6.92 Å². The van der Waals surface area contributed by atoms with Gasteiger partial charge in [0, 0.05) is 6.61 Å². The monoisotopic (exact) mass is 356 g/mol. The van der Waals surface area contributed by atoms with E-state index >= 15 is 0 Å². The number of alkyl halides is 5. The van der Waals surface area contributed by atoms with Crippen LogP contribution >= 0.6 is 0 Å². The number of halogens is 5. The van der Waals surface area contributed by atoms with Gasteiger partial charge in [0.2, 0.25) is 6.10 Å². The van der Waals surface area contributed by atoms with E-state index in [0.29, 0.717) is 6.42 Å². The summed E-state index contributed by atoms with van der Waals surface area (Å²) in [6, 6.07) is 0. The predicted octanol–water partition coefficient (Wildman–Crippen LogP) is 4.17. The Balaban J connectivity index is 4.37. The minimum absolute atomic E-state index is 0.0975. The first-order valence-electron chi connectivity index (χ1n) is 6.97. The van der Waals surface area contributed by atoms with E-state index in [-0.39, 0.29) is 6.42 Å². The normalized spacial score (nSPS) is 15.0. The van der Waals surface area contributed by atoms with E-state index in [9.17, 15) is 30.4 Å². The van der Waals surface area contributed by atoms with Gasteiger partial charge in [-0.2, -0.15) is 30.4 Å². The van der Waals surface area contributed by atoms with E-state index in [0.717, 1.165) is 32.1 Å². The van der Waals surface area contributed by atoms with Gasteiger partial charge in [-0.3, -0.25) is 4.55 Å². The molecule has 0 aromatic carbocycles. The van der Waals surface area contributed by atoms with E-state index < -0.39 is 34.3 Å². The number of ether oxygens (including phenoxy) is 1. The Morgan fingerprint density at radius 3 is 1.82 bits per heavy atom. The Kier molecular flexibility index (Phi) is 8.78. The van der Waals surface area contributed by atoms with Crippen LogP contribution in [0.4, 0.5) is 22.0 Å². The van der Waals surface area contributed by atoms with Gasteiger partial charge in [-0.25, -0.2) is 0 Å². The molecule has 0 aliphatic rings. The molecule has 0 saturated heterocycles. The molecule has 0 saturated carbocycles. The molecule has 0 aromatic heterocycles. The van der Waals surface area contributed by atoms with Crippen molar-refractivity contribution in [3.8, 4) is 0 Å². The maximum absolute atomic E-state index is 13.1. The zero-order chi connectivity index (χ0) is 17.4. The third-order valence-electron chi connectivity index (χ3n) is 2.98. The lowest BCUT2D eigenvalue weighted by atomic mass is 10.1. The van der Waals surface area contributed by atoms with Crippen LogP contribution in [-0.4, -0.2) is 37.1 Å². The van der Waals surface area contributed by atoms with Crippen molar-refractivity contribution in [2.75, 3.05) is 6.61 Å². The van der Waals surface area contributed by atoms with Crippen molar-refractivity contribution < 1.29 is 39.7 Å². The second-order valence-corrected chi connectivity index (χ2v) is 6.45. The highest BCUT2D eigenvalue weighted by Crippen LogP contribution is 2.38. The van der Waals surface area contributed by atoms with Crippen molar-refractivity contribution in [1.82, 2.24) is 0 Å². The van der Waals surface area contributed by atoms with Crippen molar-refractivity contribution in [3.63, 3.8) is 0 Å². The first-order valence-corrected chi connectivity index (χ1v) is 8.41. The fourth-order valence-corrected chi connectivity index (χ4v) is 2.25. The number of hydrogen-bond donors (Lipinski definition) is 1. The fraction of sp³-hybridized carbons (Fsp3) is 1.00. The summed E-state index contributed by atoms with van der Waals surface area (Å²) in [5.74, 6) is 0. The SMILES string of the molecule is CCCCCCCCCOC(C(F)(F)F)C(F)(F)S(=O)(=O)O. The molecule has 4 nitrogen and oxygen atoms in total. The van der Waals surface area contributed by atoms with Gasteiger partial charge < -0.3 is 4.74 Å². The first kappa shape index (κ1) is 21.5. The highest BCUT2D eigenvalue weighted by atomic mass is 32.2. The van der Waals surface area contributed by atoms with Gasteiger partial charge in [0.15, 0.2) is 0 Å². The molecule has 10 heteroatoms. The molecule has 0 aromatic rings. The molecule has 0 spiro atoms. The molecule has 0 fully saturated rings. The van der Waals surface area contributed by atoms with Crippen molar-refractivity contribution in [2.45, 2.75) is 69.4 Å². The smallest absolute Gasteiger partial charge is 0.362 e. The van der Waals surface area contributed by atoms with Gasteiger partial charge in [-0.05, 0) is 6.42 Å². The van der Waals surface area contributed by atoms with E-state index in [2.05, 4.69) is 4.74 Å². The molecule has 0 rings (SSSR count). The van der Waals surface area contributed by atoms with Gasteiger partial charge in [-0.15, -0.1) is 0 Å². The average molecular weight is 356 g/mol. The van der Waals surface area contributed by atoms with E-state index in [4.69, 9.17) is 4.55 Å². The van der Waals surface area contributed by atoms with Crippen LogP contribution in [0.1, 0.15) is 51.9 Å². The molecule has 22 heavy (non-hydrogen) atoms. The molecule has 134 valence electrons. The Bertz CT molecular complexity index is 408. The third-order valence-corrected chi connectivity index (χ3v) is 3.88. The molecule has 0 radical (unpaired) electrons. The minimum Gasteiger partial charge on any atom is -0.362 e. The van der Waals surface area contributed by atoms with Crippen LogP contribution in [0.2, 0.25) is 0 Å². The van der Waals surface area contributed by atoms with Crippen LogP contribution < -0.4 is 0 Å². The second kappa shape index (κ2) is 8.97. The maximum atomic E-state index is 13.1. The van der Waals surface area contributed by atoms with Crippen LogP contribution in [0, 0.1) is 0 Å². The molecule has 0 heterocycles. The van der Waals surface area contributed by atoms with Crippen molar-refractivity contribution in [1.29, 1.82) is 0 Å². The van der Waals surface area contributed by atoms with E-state index in [1.165, 1.54) is 0 Å². The van der Waals surface area contributed by atoms with Crippen LogP contribution in [0.15, 0.2) is 0 Å². The summed E-state index contributed by atoms with van der Waals surface area (Å²) < 4.78 is 96.7. The zero-order valence-corrected chi connectivity index (χ0v) is 13.0. The van der Waals surface area contributed by atoms with Crippen molar-refractivity contribution in [3.05, 3.63) is 0 Å². The standard InChI is InChI=1S/C12H21F5O4S/c1-2-3-4-5-6-7-8-9-21-10(11(13,14)15)12(16,17)22(18,19)20/h10H,2-9H2,1H3,(H,18,19,20). The molecule has 0 bridgehead atoms. The van der Waals surface area contributed by atoms with Gasteiger partial charge in [0.25, 0.3) is 0 Å². The summed E-state index contributed by atoms with van der Waals surface area (Å²) in [5.41, 5.74) is 0. The lowest BCUT2D eigenvalue weighted by Crippen LogP contribution is -2.51. The lowest BCUT2D eigenvalue weighted by Gasteiger charge is -2.26. The van der Waals surface area contributed by atoms with Gasteiger partial charge in [-0.1, -0.05) is 45.4 Å². The molecule has 0 aliphatic carbocycles. The van der Waals surface area contributed by atoms with Crippen LogP contribution in [0.3, 0.4) is 0 Å². The van der Waals surface area contributed by atoms with Gasteiger partial charge in [0.1, 0.15) is 0 Å². The van der Waals surface area contributed by atoms with Crippen LogP contribution in [0.25, 0.3) is 0 Å². The second-order valence-electron chi connectivity index (χ2n) is 4.95. The molecule has 0 aliphatic heterocycles. The number of unbranched alkanes of at least 4 members (excludes halogenated alkanes) is 6. The summed E-state index contributed by atoms with van der Waals surface area (Å²) in [4.78, 5) is 0. The summed E-state index contributed by atoms with van der Waals surface area (Å²) in [6.45, 7) is 1.36. The minimum atomic E-state index is -6.22. The number of rotatable bonds is 11. The topological polar surface area (TPSA) is 63.6 Å². The molecule has 1 atom stereocenters. The third kappa shape index (κ3) is 7.19. The van der Waals surface area contributed by atoms with Gasteiger partial charge >= 0.3 is 21.5 Å². The lowest BCUT2D eigenvalue weighted by molar-refractivity contribution is -0.264. The fourth-order valence-electron chi connectivity index (χ4n) is 1.78. The Hall–Kier alpha value is -0.480. The zero-order valence-electron chi connectivity index (χ0n) is 12.2. The molecular weight excluding hydrogens is 335 g/mol. The first-order chi connectivity index (χ1) is 9.94. The molecule has 0 amide bonds. The predicted molar refractivity (Wildman–Crippen MR) is 70.3 cm³/mol. The summed E-state index contributed by atoms with van der Waals surface area (Å²) in [5, 5.41) is -5.44. The highest BCUT2D eigenvalue weighted by Gasteiger charge is 2.64. The number of hydrogen-bond acceptors (Lipinski definition) is 3. The van der Waals surface area contributed by atoms with Crippen molar-refractivity contribution in [2.24, 2.45) is 0 Å². The van der Waals surface area contributed by atoms with Gasteiger partial charge in [0.05, 0.1) is 0 Å². The quantitative estimate of drug-likeness (QED) is 0.343. The van der Waals surface area contributed by atoms with E-state index in [1.54, 1.807) is 0 Å². The Morgan fingerprint density at radius 2 is 1.41 bits per heavy atom. The summed E-state index contributed by atoms with van der Waals surface area (Å²) in [7, 11) is -6.22. The molecule has 1 N–H and O–H groups in total. The average Bonchev–Trinajstić information content (AvgIpc) is 2.33. The summed E-state index contributed by atoms with van der Waals surface area (Å²) in [6.07, 6.45) is -4.20. The van der Waals surface area contributed by atoms with Crippen LogP contribution in [-0.2, 0) is 14.9 Å². The molecule has 1 unspecified atom stereocenters. The Labute approximate surface area is 126 Å². The highest BCUT2D eigenvalue weighted by molar-refractivity contribution is 7.86. The molecular formula is C12H21F5O4S. The maximum Gasteiger partial charge on any atom is 0.421 e. The summed E-state index contributed by atoms with van der Waals surface area (Å²) >= 11 is 0. The van der Waals surface area contributed by atoms with Crippen molar-refractivity contribution >= 4 is 10.1 Å².